The van der Waals surface area contributed by atoms with Crippen LogP contribution in [0.1, 0.15) is 32.1 Å². The predicted octanol–water partition coefficient (Wildman–Crippen LogP) is 4.41. The highest BCUT2D eigenvalue weighted by atomic mass is 79.9. The minimum absolute atomic E-state index is 0.861. The Morgan fingerprint density at radius 3 is 2.86 bits per heavy atom. The van der Waals surface area contributed by atoms with Crippen molar-refractivity contribution in [1.29, 1.82) is 0 Å². The number of aromatic nitrogens is 2. The molecule has 2 aliphatic rings. The molecule has 2 heterocycles. The van der Waals surface area contributed by atoms with Crippen LogP contribution >= 0.6 is 15.9 Å². The maximum atomic E-state index is 4.46. The van der Waals surface area contributed by atoms with Gasteiger partial charge in [0.15, 0.2) is 5.82 Å². The molecule has 1 saturated carbocycles. The summed E-state index contributed by atoms with van der Waals surface area (Å²) >= 11 is 3.54. The van der Waals surface area contributed by atoms with Crippen LogP contribution < -0.4 is 4.90 Å². The zero-order valence-corrected chi connectivity index (χ0v) is 13.7. The Labute approximate surface area is 133 Å². The maximum absolute atomic E-state index is 4.46. The molecule has 0 bridgehead atoms. The summed E-state index contributed by atoms with van der Waals surface area (Å²) in [6.07, 6.45) is 8.85. The molecule has 21 heavy (non-hydrogen) atoms. The van der Waals surface area contributed by atoms with Gasteiger partial charge in [0.25, 0.3) is 0 Å². The standard InChI is InChI=1S/C17H20BrN3/c18-15-5-6-16-14(9-15)10-19-20-17(16)21-8-7-12-3-1-2-4-13(12)11-21/h5-6,9-10,12-13H,1-4,7-8,11H2/t12-,13-/m1/s1. The number of hydrogen-bond donors (Lipinski definition) is 0. The van der Waals surface area contributed by atoms with Crippen molar-refractivity contribution in [2.45, 2.75) is 32.1 Å². The van der Waals surface area contributed by atoms with Crippen LogP contribution in [-0.2, 0) is 0 Å². The van der Waals surface area contributed by atoms with E-state index < -0.39 is 0 Å². The largest absolute Gasteiger partial charge is 0.354 e. The Morgan fingerprint density at radius 1 is 1.10 bits per heavy atom. The smallest absolute Gasteiger partial charge is 0.159 e. The van der Waals surface area contributed by atoms with Crippen LogP contribution in [0.4, 0.5) is 5.82 Å². The van der Waals surface area contributed by atoms with E-state index in [2.05, 4.69) is 49.2 Å². The highest BCUT2D eigenvalue weighted by Gasteiger charge is 2.32. The third kappa shape index (κ3) is 2.54. The summed E-state index contributed by atoms with van der Waals surface area (Å²) in [5.74, 6) is 2.89. The number of halogens is 1. The van der Waals surface area contributed by atoms with Gasteiger partial charge in [-0.3, -0.25) is 0 Å². The molecule has 2 atom stereocenters. The molecule has 0 radical (unpaired) electrons. The van der Waals surface area contributed by atoms with E-state index in [0.717, 1.165) is 35.2 Å². The topological polar surface area (TPSA) is 29.0 Å². The van der Waals surface area contributed by atoms with Gasteiger partial charge < -0.3 is 4.90 Å². The molecule has 1 aliphatic carbocycles. The summed E-state index contributed by atoms with van der Waals surface area (Å²) in [6, 6.07) is 6.39. The van der Waals surface area contributed by atoms with E-state index in [4.69, 9.17) is 0 Å². The number of piperidine rings is 1. The molecule has 2 fully saturated rings. The van der Waals surface area contributed by atoms with Crippen LogP contribution in [0.3, 0.4) is 0 Å². The second-order valence-corrected chi connectivity index (χ2v) is 7.35. The second kappa shape index (κ2) is 5.56. The molecule has 1 aromatic carbocycles. The van der Waals surface area contributed by atoms with E-state index in [1.54, 1.807) is 0 Å². The lowest BCUT2D eigenvalue weighted by atomic mass is 9.75. The number of rotatable bonds is 1. The third-order valence-corrected chi connectivity index (χ3v) is 5.69. The highest BCUT2D eigenvalue weighted by molar-refractivity contribution is 9.10. The van der Waals surface area contributed by atoms with E-state index >= 15 is 0 Å². The third-order valence-electron chi connectivity index (χ3n) is 5.19. The molecular formula is C17H20BrN3. The first-order valence-corrected chi connectivity index (χ1v) is 8.76. The Hall–Kier alpha value is -1.16. The van der Waals surface area contributed by atoms with Gasteiger partial charge in [-0.1, -0.05) is 35.2 Å². The Bertz CT molecular complexity index is 658. The summed E-state index contributed by atoms with van der Waals surface area (Å²) in [6.45, 7) is 2.29. The fraction of sp³-hybridized carbons (Fsp3) is 0.529. The number of fused-ring (bicyclic) bond motifs is 2. The molecule has 4 rings (SSSR count). The lowest BCUT2D eigenvalue weighted by Crippen LogP contribution is -2.42. The van der Waals surface area contributed by atoms with Crippen LogP contribution in [0.2, 0.25) is 0 Å². The molecule has 110 valence electrons. The highest BCUT2D eigenvalue weighted by Crippen LogP contribution is 2.38. The number of nitrogens with zero attached hydrogens (tertiary/aromatic N) is 3. The second-order valence-electron chi connectivity index (χ2n) is 6.44. The lowest BCUT2D eigenvalue weighted by molar-refractivity contribution is 0.202. The van der Waals surface area contributed by atoms with Gasteiger partial charge in [-0.05, 0) is 42.9 Å². The molecule has 0 N–H and O–H groups in total. The molecule has 1 saturated heterocycles. The number of hydrogen-bond acceptors (Lipinski definition) is 3. The number of anilines is 1. The van der Waals surface area contributed by atoms with Crippen molar-refractivity contribution in [3.8, 4) is 0 Å². The zero-order valence-electron chi connectivity index (χ0n) is 12.1. The molecule has 1 aromatic heterocycles. The summed E-state index contributed by atoms with van der Waals surface area (Å²) in [4.78, 5) is 2.47. The van der Waals surface area contributed by atoms with Gasteiger partial charge in [0.2, 0.25) is 0 Å². The van der Waals surface area contributed by atoms with E-state index in [1.165, 1.54) is 42.9 Å². The molecule has 3 nitrogen and oxygen atoms in total. The monoisotopic (exact) mass is 345 g/mol. The molecule has 0 amide bonds. The molecular weight excluding hydrogens is 326 g/mol. The Kier molecular flexibility index (Phi) is 3.57. The Balaban J connectivity index is 1.67. The van der Waals surface area contributed by atoms with E-state index in [-0.39, 0.29) is 0 Å². The molecule has 0 spiro atoms. The van der Waals surface area contributed by atoms with Gasteiger partial charge in [0.1, 0.15) is 0 Å². The Morgan fingerprint density at radius 2 is 1.95 bits per heavy atom. The van der Waals surface area contributed by atoms with Crippen LogP contribution in [0.15, 0.2) is 28.9 Å². The SMILES string of the molecule is Brc1ccc2c(N3CC[C@H]4CCCC[C@@H]4C3)nncc2c1. The van der Waals surface area contributed by atoms with Gasteiger partial charge in [-0.15, -0.1) is 5.10 Å². The average molecular weight is 346 g/mol. The summed E-state index contributed by atoms with van der Waals surface area (Å²) < 4.78 is 1.10. The lowest BCUT2D eigenvalue weighted by Gasteiger charge is -2.41. The molecule has 0 unspecified atom stereocenters. The quantitative estimate of drug-likeness (QED) is 0.766. The van der Waals surface area contributed by atoms with Gasteiger partial charge in [0.05, 0.1) is 6.20 Å². The summed E-state index contributed by atoms with van der Waals surface area (Å²) in [7, 11) is 0. The van der Waals surface area contributed by atoms with Crippen molar-refractivity contribution in [3.05, 3.63) is 28.9 Å². The van der Waals surface area contributed by atoms with Gasteiger partial charge in [-0.25, -0.2) is 0 Å². The maximum Gasteiger partial charge on any atom is 0.159 e. The number of benzene rings is 1. The van der Waals surface area contributed by atoms with Gasteiger partial charge in [-0.2, -0.15) is 5.10 Å². The average Bonchev–Trinajstić information content (AvgIpc) is 2.53. The summed E-state index contributed by atoms with van der Waals surface area (Å²) in [5, 5.41) is 11.1. The van der Waals surface area contributed by atoms with Crippen molar-refractivity contribution in [3.63, 3.8) is 0 Å². The van der Waals surface area contributed by atoms with E-state index in [0.29, 0.717) is 0 Å². The van der Waals surface area contributed by atoms with Crippen molar-refractivity contribution in [2.75, 3.05) is 18.0 Å². The zero-order chi connectivity index (χ0) is 14.2. The van der Waals surface area contributed by atoms with Crippen LogP contribution in [0, 0.1) is 11.8 Å². The molecule has 4 heteroatoms. The van der Waals surface area contributed by atoms with Gasteiger partial charge >= 0.3 is 0 Å². The van der Waals surface area contributed by atoms with Crippen LogP contribution in [0.25, 0.3) is 10.8 Å². The molecule has 2 aromatic rings. The van der Waals surface area contributed by atoms with Crippen LogP contribution in [-0.4, -0.2) is 23.3 Å². The van der Waals surface area contributed by atoms with Gasteiger partial charge in [0, 0.05) is 28.3 Å². The van der Waals surface area contributed by atoms with E-state index in [9.17, 15) is 0 Å². The normalized spacial score (nSPS) is 25.9. The van der Waals surface area contributed by atoms with E-state index in [1.807, 2.05) is 6.20 Å². The fourth-order valence-corrected chi connectivity index (χ4v) is 4.45. The minimum Gasteiger partial charge on any atom is -0.354 e. The fourth-order valence-electron chi connectivity index (χ4n) is 4.07. The van der Waals surface area contributed by atoms with Crippen molar-refractivity contribution in [1.82, 2.24) is 10.2 Å². The van der Waals surface area contributed by atoms with Crippen molar-refractivity contribution < 1.29 is 0 Å². The first-order chi connectivity index (χ1) is 10.3. The molecule has 1 aliphatic heterocycles. The predicted molar refractivity (Wildman–Crippen MR) is 89.5 cm³/mol. The van der Waals surface area contributed by atoms with Crippen molar-refractivity contribution in [2.24, 2.45) is 11.8 Å². The van der Waals surface area contributed by atoms with Crippen LogP contribution in [0.5, 0.6) is 0 Å². The minimum atomic E-state index is 0.861. The summed E-state index contributed by atoms with van der Waals surface area (Å²) in [5.41, 5.74) is 0. The first kappa shape index (κ1) is 13.5. The van der Waals surface area contributed by atoms with Crippen molar-refractivity contribution >= 4 is 32.5 Å². The first-order valence-electron chi connectivity index (χ1n) is 7.97.